The van der Waals surface area contributed by atoms with Crippen molar-refractivity contribution >= 4 is 7.79 Å². The summed E-state index contributed by atoms with van der Waals surface area (Å²) in [5.41, 5.74) is 0.188. The second kappa shape index (κ2) is 8.29. The molecule has 0 heterocycles. The van der Waals surface area contributed by atoms with Crippen molar-refractivity contribution < 1.29 is 4.89 Å². The molecule has 0 atom stereocenters. The van der Waals surface area contributed by atoms with Crippen LogP contribution in [0.4, 0.5) is 0 Å². The fourth-order valence-electron chi connectivity index (χ4n) is 3.11. The Morgan fingerprint density at radius 1 is 0.950 bits per heavy atom. The van der Waals surface area contributed by atoms with Crippen LogP contribution in [0, 0.1) is 11.3 Å². The van der Waals surface area contributed by atoms with Crippen LogP contribution in [0.2, 0.25) is 0 Å². The summed E-state index contributed by atoms with van der Waals surface area (Å²) < 4.78 is 4.48. The molecular weight excluding hydrogens is 269 g/mol. The Labute approximate surface area is 126 Å². The Morgan fingerprint density at radius 2 is 1.40 bits per heavy atom. The molecule has 0 spiro atoms. The maximum atomic E-state index is 11.6. The Balaban J connectivity index is 5.69. The van der Waals surface area contributed by atoms with Crippen LogP contribution in [-0.4, -0.2) is 44.6 Å². The van der Waals surface area contributed by atoms with E-state index in [1.54, 1.807) is 0 Å². The molecule has 0 aromatic carbocycles. The van der Waals surface area contributed by atoms with Gasteiger partial charge in [0.15, 0.2) is 0 Å². The summed E-state index contributed by atoms with van der Waals surface area (Å²) in [6, 6.07) is 3.03. The average molecular weight is 303 g/mol. The SMILES string of the molecule is CC(C)N(CCC#N)[PH](O)(C(C)C)N(C(C)C)C(C)C. The topological polar surface area (TPSA) is 50.5 Å². The van der Waals surface area contributed by atoms with Crippen molar-refractivity contribution in [2.45, 2.75) is 85.6 Å². The molecule has 0 rings (SSSR count). The Bertz CT molecular complexity index is 318. The molecule has 0 aliphatic heterocycles. The van der Waals surface area contributed by atoms with Gasteiger partial charge in [0.05, 0.1) is 0 Å². The van der Waals surface area contributed by atoms with E-state index in [9.17, 15) is 4.89 Å². The van der Waals surface area contributed by atoms with Crippen molar-refractivity contribution in [3.63, 3.8) is 0 Å². The molecule has 0 fully saturated rings. The van der Waals surface area contributed by atoms with E-state index in [-0.39, 0.29) is 23.8 Å². The molecule has 0 amide bonds. The standard InChI is InChI=1S/C15H34N3OP/c1-12(2)17(11-9-10-16)20(19,15(7)8)18(13(3)4)14(5)6/h12-15,19-20H,9,11H2,1-8H3. The zero-order valence-corrected chi connectivity index (χ0v) is 15.5. The second-order valence-corrected chi connectivity index (χ2v) is 10.3. The second-order valence-electron chi connectivity index (χ2n) is 6.63. The quantitative estimate of drug-likeness (QED) is 0.696. The van der Waals surface area contributed by atoms with E-state index in [4.69, 9.17) is 5.26 Å². The van der Waals surface area contributed by atoms with E-state index >= 15 is 0 Å². The molecule has 0 unspecified atom stereocenters. The van der Waals surface area contributed by atoms with Crippen LogP contribution in [0.5, 0.6) is 0 Å². The van der Waals surface area contributed by atoms with Gasteiger partial charge in [0, 0.05) is 0 Å². The van der Waals surface area contributed by atoms with Gasteiger partial charge in [-0.05, 0) is 0 Å². The molecule has 1 N–H and O–H groups in total. The summed E-state index contributed by atoms with van der Waals surface area (Å²) in [6.07, 6.45) is 0.463. The molecule has 0 saturated carbocycles. The third-order valence-corrected chi connectivity index (χ3v) is 8.71. The predicted octanol–water partition coefficient (Wildman–Crippen LogP) is 3.62. The molecule has 0 radical (unpaired) electrons. The summed E-state index contributed by atoms with van der Waals surface area (Å²) in [4.78, 5) is 11.6. The van der Waals surface area contributed by atoms with Crippen molar-refractivity contribution in [3.8, 4) is 6.07 Å². The monoisotopic (exact) mass is 303 g/mol. The van der Waals surface area contributed by atoms with E-state index in [1.165, 1.54) is 0 Å². The first-order chi connectivity index (χ1) is 9.10. The van der Waals surface area contributed by atoms with E-state index in [0.29, 0.717) is 13.0 Å². The summed E-state index contributed by atoms with van der Waals surface area (Å²) in [6.45, 7) is 17.6. The summed E-state index contributed by atoms with van der Waals surface area (Å²) in [7, 11) is -2.80. The average Bonchev–Trinajstić information content (AvgIpc) is 2.27. The van der Waals surface area contributed by atoms with Crippen LogP contribution in [-0.2, 0) is 0 Å². The zero-order chi connectivity index (χ0) is 16.1. The van der Waals surface area contributed by atoms with E-state index < -0.39 is 7.79 Å². The number of hydrogen-bond donors (Lipinski definition) is 1. The zero-order valence-electron chi connectivity index (χ0n) is 14.5. The molecule has 120 valence electrons. The van der Waals surface area contributed by atoms with Crippen molar-refractivity contribution in [1.82, 2.24) is 9.34 Å². The number of nitriles is 1. The number of rotatable bonds is 8. The van der Waals surface area contributed by atoms with Gasteiger partial charge in [-0.3, -0.25) is 0 Å². The van der Waals surface area contributed by atoms with Crippen molar-refractivity contribution in [2.24, 2.45) is 0 Å². The number of hydrogen-bond acceptors (Lipinski definition) is 4. The van der Waals surface area contributed by atoms with Crippen molar-refractivity contribution in [2.75, 3.05) is 6.54 Å². The third kappa shape index (κ3) is 4.40. The molecule has 20 heavy (non-hydrogen) atoms. The van der Waals surface area contributed by atoms with Gasteiger partial charge < -0.3 is 0 Å². The third-order valence-electron chi connectivity index (χ3n) is 3.78. The van der Waals surface area contributed by atoms with Crippen molar-refractivity contribution in [1.29, 1.82) is 5.26 Å². The van der Waals surface area contributed by atoms with Gasteiger partial charge in [0.25, 0.3) is 0 Å². The first-order valence-corrected chi connectivity index (χ1v) is 9.67. The van der Waals surface area contributed by atoms with Gasteiger partial charge in [0.2, 0.25) is 0 Å². The Hall–Kier alpha value is -0.200. The van der Waals surface area contributed by atoms with E-state index in [2.05, 4.69) is 70.8 Å². The van der Waals surface area contributed by atoms with Crippen LogP contribution in [0.25, 0.3) is 0 Å². The Kier molecular flexibility index (Phi) is 8.21. The fourth-order valence-corrected chi connectivity index (χ4v) is 7.38. The normalized spacial score (nSPS) is 14.1. The molecule has 4 nitrogen and oxygen atoms in total. The number of nitrogens with zero attached hydrogens (tertiary/aromatic N) is 3. The van der Waals surface area contributed by atoms with Gasteiger partial charge in [-0.25, -0.2) is 0 Å². The van der Waals surface area contributed by atoms with Crippen molar-refractivity contribution in [3.05, 3.63) is 0 Å². The van der Waals surface area contributed by atoms with Crippen LogP contribution in [0.3, 0.4) is 0 Å². The van der Waals surface area contributed by atoms with Gasteiger partial charge in [-0.15, -0.1) is 0 Å². The predicted molar refractivity (Wildman–Crippen MR) is 89.9 cm³/mol. The molecule has 0 aliphatic carbocycles. The summed E-state index contributed by atoms with van der Waals surface area (Å²) in [5.74, 6) is 0. The van der Waals surface area contributed by atoms with Gasteiger partial charge in [-0.1, -0.05) is 0 Å². The van der Waals surface area contributed by atoms with Gasteiger partial charge in [-0.2, -0.15) is 0 Å². The molecule has 0 aliphatic rings. The van der Waals surface area contributed by atoms with E-state index in [1.807, 2.05) is 0 Å². The van der Waals surface area contributed by atoms with Crippen LogP contribution in [0.15, 0.2) is 0 Å². The van der Waals surface area contributed by atoms with Gasteiger partial charge in [0.1, 0.15) is 0 Å². The fraction of sp³-hybridized carbons (Fsp3) is 0.933. The minimum atomic E-state index is -2.80. The molecule has 0 aromatic rings. The first kappa shape index (κ1) is 19.8. The molecule has 0 saturated heterocycles. The molecule has 0 bridgehead atoms. The maximum absolute atomic E-state index is 11.6. The van der Waals surface area contributed by atoms with E-state index in [0.717, 1.165) is 0 Å². The minimum absolute atomic E-state index is 0.188. The Morgan fingerprint density at radius 3 is 1.65 bits per heavy atom. The van der Waals surface area contributed by atoms with Gasteiger partial charge >= 0.3 is 125 Å². The van der Waals surface area contributed by atoms with Crippen LogP contribution in [0.1, 0.15) is 61.8 Å². The summed E-state index contributed by atoms with van der Waals surface area (Å²) in [5, 5.41) is 8.90. The van der Waals surface area contributed by atoms with Crippen LogP contribution < -0.4 is 0 Å². The molecular formula is C15H34N3OP. The molecule has 0 aromatic heterocycles. The van der Waals surface area contributed by atoms with Crippen LogP contribution >= 0.6 is 7.79 Å². The molecule has 5 heteroatoms. The summed E-state index contributed by atoms with van der Waals surface area (Å²) >= 11 is 0. The first-order valence-electron chi connectivity index (χ1n) is 7.75.